The Morgan fingerprint density at radius 3 is 2.28 bits per heavy atom. The molecule has 1 aromatic heterocycles. The molecule has 0 spiro atoms. The largest absolute Gasteiger partial charge is 0.506 e. The number of nitrogens with zero attached hydrogens (tertiary/aromatic N) is 2. The van der Waals surface area contributed by atoms with Gasteiger partial charge >= 0.3 is 12.2 Å². The molecule has 3 amide bonds. The molecule has 0 saturated carbocycles. The normalized spacial score (nSPS) is 15.8. The molecule has 3 heterocycles. The number of rotatable bonds is 16. The maximum Gasteiger partial charge on any atom is 0.411 e. The second kappa shape index (κ2) is 22.4. The summed E-state index contributed by atoms with van der Waals surface area (Å²) in [6.07, 6.45) is 1.33. The van der Waals surface area contributed by atoms with Gasteiger partial charge < -0.3 is 39.1 Å². The van der Waals surface area contributed by atoms with E-state index in [4.69, 9.17) is 13.9 Å². The van der Waals surface area contributed by atoms with Gasteiger partial charge in [0.25, 0.3) is 0 Å². The summed E-state index contributed by atoms with van der Waals surface area (Å²) in [5.74, 6) is -0.456. The van der Waals surface area contributed by atoms with Crippen molar-refractivity contribution in [2.45, 2.75) is 89.8 Å². The maximum absolute atomic E-state index is 15.3. The predicted octanol–water partition coefficient (Wildman–Crippen LogP) is 9.78. The van der Waals surface area contributed by atoms with Crippen LogP contribution in [0.15, 0.2) is 102 Å². The number of anilines is 2. The summed E-state index contributed by atoms with van der Waals surface area (Å²) in [5.41, 5.74) is 4.13. The molecule has 14 nitrogen and oxygen atoms in total. The molecule has 5 N–H and O–H groups in total. The van der Waals surface area contributed by atoms with Crippen molar-refractivity contribution in [3.63, 3.8) is 0 Å². The average molecular weight is 949 g/mol. The van der Waals surface area contributed by atoms with Crippen LogP contribution >= 0.6 is 0 Å². The topological polar surface area (TPSA) is 175 Å². The fourth-order valence-corrected chi connectivity index (χ4v) is 9.78. The SMILES string of the molecule is CC(C)(C)[Si](C)(C)O[C@@H](CNCc1ccc(NC(=O)OCC2CCN(C(=O)CCN3CCC(OC(=O)Nc4ccccc4-c4ccccc4)CC3)CC2)c(F)c1)c1ccc(O)c2[nH]c(=O)ccc12. The first-order valence-corrected chi connectivity index (χ1v) is 26.5. The van der Waals surface area contributed by atoms with E-state index in [2.05, 4.69) is 59.7 Å². The van der Waals surface area contributed by atoms with Gasteiger partial charge in [-0.05, 0) is 96.8 Å². The van der Waals surface area contributed by atoms with Crippen molar-refractivity contribution in [3.05, 3.63) is 124 Å². The summed E-state index contributed by atoms with van der Waals surface area (Å²) in [6.45, 7) is 14.9. The minimum atomic E-state index is -2.29. The smallest absolute Gasteiger partial charge is 0.411 e. The fraction of sp³-hybridized carbons (Fsp3) is 0.423. The molecular weight excluding hydrogens is 884 g/mol. The number of fused-ring (bicyclic) bond motifs is 1. The van der Waals surface area contributed by atoms with Gasteiger partial charge in [-0.2, -0.15) is 0 Å². The number of benzene rings is 4. The highest BCUT2D eigenvalue weighted by Gasteiger charge is 2.40. The zero-order chi connectivity index (χ0) is 48.4. The van der Waals surface area contributed by atoms with E-state index in [1.165, 1.54) is 18.2 Å². The summed E-state index contributed by atoms with van der Waals surface area (Å²) < 4.78 is 33.5. The first-order valence-electron chi connectivity index (χ1n) is 23.6. The van der Waals surface area contributed by atoms with E-state index in [1.807, 2.05) is 65.6 Å². The van der Waals surface area contributed by atoms with Crippen LogP contribution in [0.25, 0.3) is 22.0 Å². The van der Waals surface area contributed by atoms with Crippen LogP contribution in [0.4, 0.5) is 25.4 Å². The number of carbonyl (C=O) groups is 3. The number of aromatic amines is 1. The van der Waals surface area contributed by atoms with Gasteiger partial charge in [0.15, 0.2) is 8.32 Å². The molecule has 0 radical (unpaired) electrons. The van der Waals surface area contributed by atoms with Gasteiger partial charge in [-0.1, -0.05) is 81.4 Å². The van der Waals surface area contributed by atoms with E-state index in [0.717, 1.165) is 29.8 Å². The lowest BCUT2D eigenvalue weighted by atomic mass is 9.97. The number of nitrogens with one attached hydrogen (secondary N) is 4. The van der Waals surface area contributed by atoms with Crippen LogP contribution in [-0.4, -0.2) is 98.3 Å². The number of aromatic nitrogens is 1. The van der Waals surface area contributed by atoms with Crippen molar-refractivity contribution in [2.75, 3.05) is 56.5 Å². The van der Waals surface area contributed by atoms with E-state index in [-0.39, 0.29) is 46.6 Å². The van der Waals surface area contributed by atoms with E-state index >= 15 is 4.39 Å². The van der Waals surface area contributed by atoms with E-state index in [9.17, 15) is 24.3 Å². The Kier molecular flexibility index (Phi) is 16.4. The molecule has 7 rings (SSSR count). The molecule has 2 aliphatic heterocycles. The van der Waals surface area contributed by atoms with E-state index in [0.29, 0.717) is 87.0 Å². The number of carbonyl (C=O) groups excluding carboxylic acids is 3. The summed E-state index contributed by atoms with van der Waals surface area (Å²) >= 11 is 0. The van der Waals surface area contributed by atoms with Crippen molar-refractivity contribution < 1.29 is 37.8 Å². The van der Waals surface area contributed by atoms with Crippen molar-refractivity contribution in [1.82, 2.24) is 20.1 Å². The molecule has 5 aromatic rings. The van der Waals surface area contributed by atoms with Gasteiger partial charge in [0, 0.05) is 69.3 Å². The van der Waals surface area contributed by atoms with Crippen LogP contribution in [0.3, 0.4) is 0 Å². The molecule has 0 unspecified atom stereocenters. The highest BCUT2D eigenvalue weighted by atomic mass is 28.4. The number of pyridine rings is 1. The third-order valence-corrected chi connectivity index (χ3v) is 18.0. The van der Waals surface area contributed by atoms with Crippen LogP contribution in [0.1, 0.15) is 70.1 Å². The highest BCUT2D eigenvalue weighted by molar-refractivity contribution is 6.74. The van der Waals surface area contributed by atoms with E-state index < -0.39 is 32.4 Å². The number of amides is 3. The van der Waals surface area contributed by atoms with Crippen LogP contribution in [0.2, 0.25) is 18.1 Å². The molecule has 2 aliphatic rings. The number of ether oxygens (including phenoxy) is 2. The Morgan fingerprint density at radius 1 is 0.853 bits per heavy atom. The first-order chi connectivity index (χ1) is 32.5. The van der Waals surface area contributed by atoms with Crippen molar-refractivity contribution >= 4 is 48.7 Å². The second-order valence-electron chi connectivity index (χ2n) is 19.4. The van der Waals surface area contributed by atoms with Gasteiger partial charge in [0.1, 0.15) is 17.7 Å². The van der Waals surface area contributed by atoms with Gasteiger partial charge in [-0.15, -0.1) is 0 Å². The Morgan fingerprint density at radius 2 is 1.56 bits per heavy atom. The molecule has 16 heteroatoms. The van der Waals surface area contributed by atoms with Crippen LogP contribution in [-0.2, 0) is 25.2 Å². The number of phenolic OH excluding ortho intramolecular Hbond substituents is 1. The van der Waals surface area contributed by atoms with Gasteiger partial charge in [-0.25, -0.2) is 14.0 Å². The Bertz CT molecular complexity index is 2590. The highest BCUT2D eigenvalue weighted by Crippen LogP contribution is 2.41. The maximum atomic E-state index is 15.3. The molecule has 1 atom stereocenters. The van der Waals surface area contributed by atoms with E-state index in [1.54, 1.807) is 18.2 Å². The third kappa shape index (κ3) is 13.1. The molecule has 0 aliphatic carbocycles. The molecular formula is C52H65FN6O8Si. The van der Waals surface area contributed by atoms with Gasteiger partial charge in [-0.3, -0.25) is 20.2 Å². The quantitative estimate of drug-likeness (QED) is 0.0599. The van der Waals surface area contributed by atoms with Gasteiger partial charge in [0.05, 0.1) is 29.6 Å². The summed E-state index contributed by atoms with van der Waals surface area (Å²) in [5, 5.41) is 19.9. The van der Waals surface area contributed by atoms with Crippen LogP contribution in [0.5, 0.6) is 5.75 Å². The fourth-order valence-electron chi connectivity index (χ4n) is 8.51. The summed E-state index contributed by atoms with van der Waals surface area (Å²) in [7, 11) is -2.29. The van der Waals surface area contributed by atoms with Crippen molar-refractivity contribution in [1.29, 1.82) is 0 Å². The summed E-state index contributed by atoms with van der Waals surface area (Å²) in [6, 6.07) is 28.6. The molecule has 0 bridgehead atoms. The number of piperidine rings is 2. The van der Waals surface area contributed by atoms with Crippen LogP contribution < -0.4 is 21.5 Å². The Balaban J connectivity index is 0.796. The van der Waals surface area contributed by atoms with Crippen molar-refractivity contribution in [2.24, 2.45) is 5.92 Å². The molecule has 362 valence electrons. The lowest BCUT2D eigenvalue weighted by molar-refractivity contribution is -0.133. The zero-order valence-corrected chi connectivity index (χ0v) is 40.7. The molecule has 2 fully saturated rings. The standard InChI is InChI=1S/C52H65FN6O8Si/c1-52(2,3)68(4,5)67-46(40-16-19-45(60)49-41(40)17-20-47(61)57-49)33-54-32-36-15-18-44(42(53)31-36)56-50(63)65-34-35-21-29-59(30-22-35)48(62)25-28-58-26-23-38(24-27-58)66-51(64)55-43-14-10-9-13-39(43)37-11-7-6-8-12-37/h6-20,31,35,38,46,54,60H,21-30,32-34H2,1-5H3,(H,55,64)(H,56,63)(H,57,61)/t46-/m0/s1. The molecule has 2 saturated heterocycles. The Labute approximate surface area is 398 Å². The third-order valence-electron chi connectivity index (χ3n) is 13.5. The predicted molar refractivity (Wildman–Crippen MR) is 266 cm³/mol. The van der Waals surface area contributed by atoms with Crippen LogP contribution in [0, 0.1) is 11.7 Å². The molecule has 4 aromatic carbocycles. The number of halogens is 1. The first kappa shape index (κ1) is 49.8. The minimum Gasteiger partial charge on any atom is -0.506 e. The number of aromatic hydroxyl groups is 1. The molecule has 68 heavy (non-hydrogen) atoms. The number of para-hydroxylation sites is 1. The number of hydrogen-bond acceptors (Lipinski definition) is 10. The number of H-pyrrole nitrogens is 1. The minimum absolute atomic E-state index is 0.00537. The zero-order valence-electron chi connectivity index (χ0n) is 39.7. The second-order valence-corrected chi connectivity index (χ2v) is 24.1. The average Bonchev–Trinajstić information content (AvgIpc) is 3.31. The van der Waals surface area contributed by atoms with Gasteiger partial charge in [0.2, 0.25) is 11.5 Å². The number of phenols is 1. The summed E-state index contributed by atoms with van der Waals surface area (Å²) in [4.78, 5) is 57.6. The Hall–Kier alpha value is -6.07. The monoisotopic (exact) mass is 948 g/mol. The lowest BCUT2D eigenvalue weighted by Gasteiger charge is -2.39. The number of hydrogen-bond donors (Lipinski definition) is 5. The lowest BCUT2D eigenvalue weighted by Crippen LogP contribution is -2.43. The van der Waals surface area contributed by atoms with Crippen molar-refractivity contribution in [3.8, 4) is 16.9 Å². The number of likely N-dealkylation sites (tertiary alicyclic amines) is 2.